The summed E-state index contributed by atoms with van der Waals surface area (Å²) in [7, 11) is -3.20. The summed E-state index contributed by atoms with van der Waals surface area (Å²) in [5.41, 5.74) is 6.43. The van der Waals surface area contributed by atoms with Crippen molar-refractivity contribution in [3.05, 3.63) is 23.5 Å². The van der Waals surface area contributed by atoms with E-state index in [2.05, 4.69) is 30.8 Å². The minimum atomic E-state index is -3.20. The second-order valence-corrected chi connectivity index (χ2v) is 10.7. The first-order valence-corrected chi connectivity index (χ1v) is 12.6. The van der Waals surface area contributed by atoms with Crippen LogP contribution in [0.1, 0.15) is 55.2 Å². The van der Waals surface area contributed by atoms with Crippen molar-refractivity contribution in [2.24, 2.45) is 11.7 Å². The SMILES string of the molecule is CCS(=O)(=O)N1C2CCCC1CC(CNc1nc(Nc3cc(C)[nH]n3)cc(C(N)=O)n1)C2. The number of aromatic amines is 1. The Morgan fingerprint density at radius 1 is 1.22 bits per heavy atom. The van der Waals surface area contributed by atoms with Crippen LogP contribution in [-0.2, 0) is 10.0 Å². The van der Waals surface area contributed by atoms with Crippen molar-refractivity contribution in [2.75, 3.05) is 22.9 Å². The van der Waals surface area contributed by atoms with Crippen molar-refractivity contribution in [2.45, 2.75) is 58.0 Å². The molecule has 2 atom stereocenters. The number of rotatable bonds is 8. The molecular formula is C20H30N8O3S. The Balaban J connectivity index is 1.46. The van der Waals surface area contributed by atoms with Crippen molar-refractivity contribution >= 4 is 33.5 Å². The van der Waals surface area contributed by atoms with E-state index < -0.39 is 15.9 Å². The van der Waals surface area contributed by atoms with E-state index in [1.165, 1.54) is 6.07 Å². The minimum absolute atomic E-state index is 0.0530. The third-order valence-electron chi connectivity index (χ3n) is 6.18. The van der Waals surface area contributed by atoms with Crippen molar-refractivity contribution in [3.8, 4) is 0 Å². The topological polar surface area (TPSA) is 159 Å². The molecule has 2 aliphatic rings. The lowest BCUT2D eigenvalue weighted by Crippen LogP contribution is -2.55. The predicted molar refractivity (Wildman–Crippen MR) is 121 cm³/mol. The van der Waals surface area contributed by atoms with Gasteiger partial charge < -0.3 is 16.4 Å². The number of hydrogen-bond acceptors (Lipinski definition) is 8. The summed E-state index contributed by atoms with van der Waals surface area (Å²) < 4.78 is 26.9. The molecule has 0 saturated carbocycles. The van der Waals surface area contributed by atoms with Gasteiger partial charge in [0.25, 0.3) is 5.91 Å². The van der Waals surface area contributed by atoms with Crippen LogP contribution in [0.4, 0.5) is 17.6 Å². The van der Waals surface area contributed by atoms with E-state index in [1.54, 1.807) is 11.2 Å². The number of sulfonamides is 1. The first kappa shape index (κ1) is 22.5. The van der Waals surface area contributed by atoms with Crippen LogP contribution in [0.3, 0.4) is 0 Å². The molecule has 0 aliphatic carbocycles. The second kappa shape index (κ2) is 9.02. The molecule has 2 aromatic rings. The number of primary amides is 1. The lowest BCUT2D eigenvalue weighted by atomic mass is 9.80. The van der Waals surface area contributed by atoms with Gasteiger partial charge in [0.15, 0.2) is 5.82 Å². The average molecular weight is 463 g/mol. The summed E-state index contributed by atoms with van der Waals surface area (Å²) in [6.07, 6.45) is 4.47. The molecule has 2 bridgehead atoms. The van der Waals surface area contributed by atoms with Crippen LogP contribution in [-0.4, -0.2) is 63.2 Å². The number of carbonyl (C=O) groups is 1. The molecule has 4 heterocycles. The van der Waals surface area contributed by atoms with Crippen molar-refractivity contribution in [1.82, 2.24) is 24.5 Å². The summed E-state index contributed by atoms with van der Waals surface area (Å²) in [5, 5.41) is 13.2. The molecule has 2 unspecified atom stereocenters. The molecule has 11 nitrogen and oxygen atoms in total. The molecule has 2 fully saturated rings. The number of aromatic nitrogens is 4. The number of nitrogens with one attached hydrogen (secondary N) is 3. The van der Waals surface area contributed by atoms with E-state index in [0.29, 0.717) is 30.0 Å². The van der Waals surface area contributed by atoms with E-state index in [1.807, 2.05) is 13.0 Å². The smallest absolute Gasteiger partial charge is 0.267 e. The molecule has 2 aromatic heterocycles. The Labute approximate surface area is 187 Å². The van der Waals surface area contributed by atoms with Gasteiger partial charge in [0.05, 0.1) is 5.75 Å². The molecule has 0 radical (unpaired) electrons. The van der Waals surface area contributed by atoms with Gasteiger partial charge in [-0.3, -0.25) is 9.89 Å². The number of amides is 1. The normalized spacial score (nSPS) is 23.6. The van der Waals surface area contributed by atoms with E-state index >= 15 is 0 Å². The molecule has 2 aliphatic heterocycles. The van der Waals surface area contributed by atoms with E-state index in [4.69, 9.17) is 5.73 Å². The number of anilines is 3. The van der Waals surface area contributed by atoms with Crippen molar-refractivity contribution in [3.63, 3.8) is 0 Å². The Bertz CT molecular complexity index is 1070. The Hall–Kier alpha value is -2.73. The predicted octanol–water partition coefficient (Wildman–Crippen LogP) is 1.75. The molecule has 4 rings (SSSR count). The fraction of sp³-hybridized carbons (Fsp3) is 0.600. The maximum absolute atomic E-state index is 12.6. The Morgan fingerprint density at radius 2 is 1.94 bits per heavy atom. The zero-order chi connectivity index (χ0) is 22.9. The van der Waals surface area contributed by atoms with Gasteiger partial charge in [-0.2, -0.15) is 14.4 Å². The van der Waals surface area contributed by atoms with Crippen LogP contribution in [0.2, 0.25) is 0 Å². The van der Waals surface area contributed by atoms with Crippen LogP contribution < -0.4 is 16.4 Å². The van der Waals surface area contributed by atoms with Crippen molar-refractivity contribution < 1.29 is 13.2 Å². The number of nitrogens with two attached hydrogens (primary N) is 1. The van der Waals surface area contributed by atoms with Gasteiger partial charge in [0, 0.05) is 36.5 Å². The highest BCUT2D eigenvalue weighted by molar-refractivity contribution is 7.89. The average Bonchev–Trinajstić information content (AvgIpc) is 3.15. The quantitative estimate of drug-likeness (QED) is 0.462. The van der Waals surface area contributed by atoms with Gasteiger partial charge in [-0.25, -0.2) is 13.4 Å². The first-order chi connectivity index (χ1) is 15.2. The van der Waals surface area contributed by atoms with Gasteiger partial charge in [0.2, 0.25) is 16.0 Å². The van der Waals surface area contributed by atoms with E-state index in [-0.39, 0.29) is 23.5 Å². The Kier molecular flexibility index (Phi) is 6.33. The molecule has 12 heteroatoms. The number of carbonyl (C=O) groups excluding carboxylic acids is 1. The molecule has 0 aromatic carbocycles. The largest absolute Gasteiger partial charge is 0.364 e. The van der Waals surface area contributed by atoms with Crippen LogP contribution in [0, 0.1) is 12.8 Å². The maximum atomic E-state index is 12.6. The van der Waals surface area contributed by atoms with E-state index in [9.17, 15) is 13.2 Å². The fourth-order valence-electron chi connectivity index (χ4n) is 4.79. The van der Waals surface area contributed by atoms with Gasteiger partial charge in [-0.05, 0) is 45.4 Å². The molecular weight excluding hydrogens is 432 g/mol. The summed E-state index contributed by atoms with van der Waals surface area (Å²) in [5.74, 6) is 1.06. The highest BCUT2D eigenvalue weighted by Gasteiger charge is 2.43. The lowest BCUT2D eigenvalue weighted by molar-refractivity contribution is 0.0905. The van der Waals surface area contributed by atoms with E-state index in [0.717, 1.165) is 37.8 Å². The zero-order valence-corrected chi connectivity index (χ0v) is 19.2. The third-order valence-corrected chi connectivity index (χ3v) is 8.15. The molecule has 32 heavy (non-hydrogen) atoms. The van der Waals surface area contributed by atoms with Crippen molar-refractivity contribution in [1.29, 1.82) is 0 Å². The number of hydrogen-bond donors (Lipinski definition) is 4. The third kappa shape index (κ3) is 4.85. The van der Waals surface area contributed by atoms with Gasteiger partial charge in [-0.1, -0.05) is 6.42 Å². The van der Waals surface area contributed by atoms with Crippen LogP contribution in [0.15, 0.2) is 12.1 Å². The number of fused-ring (bicyclic) bond motifs is 2. The maximum Gasteiger partial charge on any atom is 0.267 e. The monoisotopic (exact) mass is 462 g/mol. The lowest BCUT2D eigenvalue weighted by Gasteiger charge is -2.47. The second-order valence-electron chi connectivity index (χ2n) is 8.57. The number of nitrogens with zero attached hydrogens (tertiary/aromatic N) is 4. The first-order valence-electron chi connectivity index (χ1n) is 11.0. The summed E-state index contributed by atoms with van der Waals surface area (Å²) >= 11 is 0. The number of H-pyrrole nitrogens is 1. The number of aryl methyl sites for hydroxylation is 1. The molecule has 2 saturated heterocycles. The minimum Gasteiger partial charge on any atom is -0.364 e. The van der Waals surface area contributed by atoms with Crippen LogP contribution in [0.25, 0.3) is 0 Å². The molecule has 5 N–H and O–H groups in total. The van der Waals surface area contributed by atoms with Crippen LogP contribution in [0.5, 0.6) is 0 Å². The highest BCUT2D eigenvalue weighted by atomic mass is 32.2. The molecule has 1 amide bonds. The highest BCUT2D eigenvalue weighted by Crippen LogP contribution is 2.39. The Morgan fingerprint density at radius 3 is 2.53 bits per heavy atom. The standard InChI is InChI=1S/C20H30N8O3S/c1-3-32(30,31)28-14-5-4-6-15(28)9-13(8-14)11-22-20-23-16(19(21)29)10-17(25-20)24-18-7-12(2)26-27-18/h7,10,13-15H,3-6,8-9,11H2,1-2H3,(H2,21,29)(H3,22,23,24,25,26,27). The fourth-order valence-corrected chi connectivity index (χ4v) is 6.38. The summed E-state index contributed by atoms with van der Waals surface area (Å²) in [6.45, 7) is 4.18. The summed E-state index contributed by atoms with van der Waals surface area (Å²) in [6, 6.07) is 3.40. The van der Waals surface area contributed by atoms with Crippen LogP contribution >= 0.6 is 0 Å². The zero-order valence-electron chi connectivity index (χ0n) is 18.3. The molecule has 174 valence electrons. The number of piperidine rings is 2. The van der Waals surface area contributed by atoms with Gasteiger partial charge in [-0.15, -0.1) is 0 Å². The van der Waals surface area contributed by atoms with Gasteiger partial charge >= 0.3 is 0 Å². The van der Waals surface area contributed by atoms with Gasteiger partial charge in [0.1, 0.15) is 11.5 Å². The summed E-state index contributed by atoms with van der Waals surface area (Å²) in [4.78, 5) is 20.4. The molecule has 0 spiro atoms.